The van der Waals surface area contributed by atoms with Gasteiger partial charge in [0.25, 0.3) is 5.91 Å². The summed E-state index contributed by atoms with van der Waals surface area (Å²) in [6.45, 7) is 2.47. The van der Waals surface area contributed by atoms with E-state index in [1.807, 2.05) is 6.92 Å². The van der Waals surface area contributed by atoms with Crippen LogP contribution in [0.4, 0.5) is 5.69 Å². The second-order valence-electron chi connectivity index (χ2n) is 5.08. The van der Waals surface area contributed by atoms with E-state index in [-0.39, 0.29) is 28.6 Å². The fourth-order valence-electron chi connectivity index (χ4n) is 1.85. The van der Waals surface area contributed by atoms with Crippen molar-refractivity contribution in [2.75, 3.05) is 31.0 Å². The minimum atomic E-state index is -3.27. The van der Waals surface area contributed by atoms with Gasteiger partial charge in [0.1, 0.15) is 5.88 Å². The zero-order valence-electron chi connectivity index (χ0n) is 12.8. The largest absolute Gasteiger partial charge is 0.478 e. The van der Waals surface area contributed by atoms with Crippen LogP contribution in [0.15, 0.2) is 18.2 Å². The maximum atomic E-state index is 12.2. The fourth-order valence-corrected chi connectivity index (χ4v) is 2.28. The number of aromatic carboxylic acids is 1. The number of carboxylic acids is 1. The maximum absolute atomic E-state index is 12.2. The number of carboxylic acid groups (broad SMARTS) is 1. The van der Waals surface area contributed by atoms with Crippen molar-refractivity contribution in [3.05, 3.63) is 29.3 Å². The summed E-state index contributed by atoms with van der Waals surface area (Å²) in [5, 5.41) is 11.7. The number of hydrogen-bond donors (Lipinski definition) is 2. The van der Waals surface area contributed by atoms with Crippen molar-refractivity contribution in [1.29, 1.82) is 0 Å². The first-order chi connectivity index (χ1) is 10.1. The van der Waals surface area contributed by atoms with E-state index in [9.17, 15) is 18.0 Å². The van der Waals surface area contributed by atoms with Crippen molar-refractivity contribution in [3.63, 3.8) is 0 Å². The van der Waals surface area contributed by atoms with Crippen LogP contribution in [-0.4, -0.2) is 56.0 Å². The average molecular weight is 328 g/mol. The van der Waals surface area contributed by atoms with Crippen molar-refractivity contribution >= 4 is 27.4 Å². The summed E-state index contributed by atoms with van der Waals surface area (Å²) in [4.78, 5) is 24.9. The van der Waals surface area contributed by atoms with Crippen LogP contribution in [0, 0.1) is 0 Å². The Balaban J connectivity index is 3.14. The number of sulfone groups is 1. The maximum Gasteiger partial charge on any atom is 0.335 e. The molecule has 7 nitrogen and oxygen atoms in total. The number of carbonyl (C=O) groups excluding carboxylic acids is 1. The van der Waals surface area contributed by atoms with Gasteiger partial charge in [-0.05, 0) is 24.6 Å². The number of benzene rings is 1. The number of nitrogens with zero attached hydrogens (tertiary/aromatic N) is 1. The predicted molar refractivity (Wildman–Crippen MR) is 84.0 cm³/mol. The van der Waals surface area contributed by atoms with Gasteiger partial charge in [-0.2, -0.15) is 0 Å². The number of carbonyl (C=O) groups is 2. The number of nitrogens with one attached hydrogen (secondary N) is 1. The van der Waals surface area contributed by atoms with Crippen molar-refractivity contribution in [2.45, 2.75) is 13.3 Å². The molecular weight excluding hydrogens is 308 g/mol. The highest BCUT2D eigenvalue weighted by atomic mass is 32.2. The quantitative estimate of drug-likeness (QED) is 0.781. The predicted octanol–water partition coefficient (Wildman–Crippen LogP) is 1.28. The molecule has 0 aliphatic heterocycles. The van der Waals surface area contributed by atoms with Gasteiger partial charge in [0, 0.05) is 31.1 Å². The van der Waals surface area contributed by atoms with E-state index in [0.717, 1.165) is 12.7 Å². The Kier molecular flexibility index (Phi) is 5.92. The molecule has 1 aromatic carbocycles. The fraction of sp³-hybridized carbons (Fsp3) is 0.429. The summed E-state index contributed by atoms with van der Waals surface area (Å²) < 4.78 is 22.4. The van der Waals surface area contributed by atoms with E-state index in [1.54, 1.807) is 7.05 Å². The van der Waals surface area contributed by atoms with Crippen molar-refractivity contribution in [3.8, 4) is 0 Å². The molecule has 0 radical (unpaired) electrons. The number of rotatable bonds is 7. The van der Waals surface area contributed by atoms with Crippen LogP contribution in [0.3, 0.4) is 0 Å². The molecule has 122 valence electrons. The summed E-state index contributed by atoms with van der Waals surface area (Å²) in [5.41, 5.74) is 0.400. The zero-order chi connectivity index (χ0) is 16.9. The van der Waals surface area contributed by atoms with Crippen LogP contribution >= 0.6 is 0 Å². The molecule has 8 heteroatoms. The third kappa shape index (κ3) is 5.36. The molecule has 0 aliphatic rings. The van der Waals surface area contributed by atoms with Crippen LogP contribution in [-0.2, 0) is 9.84 Å². The number of amides is 1. The minimum Gasteiger partial charge on any atom is -0.478 e. The van der Waals surface area contributed by atoms with Crippen molar-refractivity contribution < 1.29 is 23.1 Å². The Bertz CT molecular complexity index is 670. The SMILES string of the molecule is CCCN(C)C(=O)c1cc(NCS(C)(=O)=O)cc(C(=O)O)c1. The van der Waals surface area contributed by atoms with Gasteiger partial charge >= 0.3 is 5.97 Å². The summed E-state index contributed by atoms with van der Waals surface area (Å²) in [6, 6.07) is 4.03. The monoisotopic (exact) mass is 328 g/mol. The summed E-state index contributed by atoms with van der Waals surface area (Å²) >= 11 is 0. The summed E-state index contributed by atoms with van der Waals surface area (Å²) in [7, 11) is -1.64. The van der Waals surface area contributed by atoms with Crippen molar-refractivity contribution in [1.82, 2.24) is 4.90 Å². The molecule has 0 aliphatic carbocycles. The lowest BCUT2D eigenvalue weighted by molar-refractivity contribution is 0.0697. The third-order valence-corrected chi connectivity index (χ3v) is 3.54. The number of hydrogen-bond acceptors (Lipinski definition) is 5. The zero-order valence-corrected chi connectivity index (χ0v) is 13.6. The van der Waals surface area contributed by atoms with Gasteiger partial charge in [-0.3, -0.25) is 4.79 Å². The average Bonchev–Trinajstić information content (AvgIpc) is 2.43. The Morgan fingerprint density at radius 3 is 2.32 bits per heavy atom. The molecule has 0 fully saturated rings. The molecule has 1 rings (SSSR count). The molecule has 0 saturated heterocycles. The molecule has 0 spiro atoms. The molecular formula is C14H20N2O5S. The lowest BCUT2D eigenvalue weighted by atomic mass is 10.1. The van der Waals surface area contributed by atoms with Gasteiger partial charge in [-0.25, -0.2) is 13.2 Å². The van der Waals surface area contributed by atoms with E-state index in [2.05, 4.69) is 5.32 Å². The van der Waals surface area contributed by atoms with Crippen LogP contribution in [0.5, 0.6) is 0 Å². The molecule has 0 unspecified atom stereocenters. The Morgan fingerprint density at radius 1 is 1.23 bits per heavy atom. The van der Waals surface area contributed by atoms with Crippen LogP contribution in [0.2, 0.25) is 0 Å². The summed E-state index contributed by atoms with van der Waals surface area (Å²) in [6.07, 6.45) is 1.84. The standard InChI is InChI=1S/C14H20N2O5S/c1-4-5-16(2)13(17)10-6-11(14(18)19)8-12(7-10)15-9-22(3,20)21/h6-8,15H,4-5,9H2,1-3H3,(H,18,19). The van der Waals surface area contributed by atoms with E-state index in [4.69, 9.17) is 5.11 Å². The van der Waals surface area contributed by atoms with Gasteiger partial charge in [0.05, 0.1) is 5.56 Å². The van der Waals surface area contributed by atoms with Gasteiger partial charge in [0.15, 0.2) is 9.84 Å². The van der Waals surface area contributed by atoms with Gasteiger partial charge in [-0.1, -0.05) is 6.92 Å². The molecule has 22 heavy (non-hydrogen) atoms. The highest BCUT2D eigenvalue weighted by Crippen LogP contribution is 2.17. The molecule has 0 saturated carbocycles. The van der Waals surface area contributed by atoms with Gasteiger partial charge in [-0.15, -0.1) is 0 Å². The smallest absolute Gasteiger partial charge is 0.335 e. The molecule has 2 N–H and O–H groups in total. The van der Waals surface area contributed by atoms with E-state index in [1.165, 1.54) is 23.1 Å². The lowest BCUT2D eigenvalue weighted by Crippen LogP contribution is -2.27. The lowest BCUT2D eigenvalue weighted by Gasteiger charge is -2.17. The van der Waals surface area contributed by atoms with E-state index in [0.29, 0.717) is 6.54 Å². The van der Waals surface area contributed by atoms with Gasteiger partial charge < -0.3 is 15.3 Å². The minimum absolute atomic E-state index is 0.0771. The highest BCUT2D eigenvalue weighted by molar-refractivity contribution is 7.90. The summed E-state index contributed by atoms with van der Waals surface area (Å²) in [5.74, 6) is -1.84. The van der Waals surface area contributed by atoms with Crippen LogP contribution in [0.1, 0.15) is 34.1 Å². The topological polar surface area (TPSA) is 104 Å². The first-order valence-electron chi connectivity index (χ1n) is 6.69. The first-order valence-corrected chi connectivity index (χ1v) is 8.75. The normalized spacial score (nSPS) is 11.0. The molecule has 1 aromatic rings. The second-order valence-corrected chi connectivity index (χ2v) is 7.22. The Hall–Kier alpha value is -2.09. The second kappa shape index (κ2) is 7.26. The third-order valence-electron chi connectivity index (χ3n) is 2.87. The molecule has 0 aromatic heterocycles. The molecule has 0 bridgehead atoms. The number of anilines is 1. The van der Waals surface area contributed by atoms with Crippen LogP contribution in [0.25, 0.3) is 0 Å². The van der Waals surface area contributed by atoms with Crippen molar-refractivity contribution in [2.24, 2.45) is 0 Å². The molecule has 1 amide bonds. The highest BCUT2D eigenvalue weighted by Gasteiger charge is 2.16. The Morgan fingerprint density at radius 2 is 1.82 bits per heavy atom. The van der Waals surface area contributed by atoms with Crippen LogP contribution < -0.4 is 5.32 Å². The van der Waals surface area contributed by atoms with E-state index >= 15 is 0 Å². The molecule has 0 atom stereocenters. The first kappa shape index (κ1) is 18.0. The van der Waals surface area contributed by atoms with Gasteiger partial charge in [0.2, 0.25) is 0 Å². The van der Waals surface area contributed by atoms with E-state index < -0.39 is 15.8 Å². The Labute approximate surface area is 129 Å². The molecule has 0 heterocycles.